The minimum absolute atomic E-state index is 0.132. The molecule has 1 aromatic heterocycles. The van der Waals surface area contributed by atoms with Crippen LogP contribution in [0.4, 0.5) is 4.79 Å². The zero-order valence-electron chi connectivity index (χ0n) is 12.2. The van der Waals surface area contributed by atoms with Gasteiger partial charge in [0.2, 0.25) is 5.76 Å². The Balaban J connectivity index is 2.52. The van der Waals surface area contributed by atoms with Gasteiger partial charge in [0.1, 0.15) is 5.76 Å². The van der Waals surface area contributed by atoms with Crippen molar-refractivity contribution in [1.82, 2.24) is 10.6 Å². The van der Waals surface area contributed by atoms with Crippen LogP contribution in [0.15, 0.2) is 16.5 Å². The fourth-order valence-electron chi connectivity index (χ4n) is 2.06. The maximum absolute atomic E-state index is 11.9. The first-order valence-electron chi connectivity index (χ1n) is 6.84. The Morgan fingerprint density at radius 1 is 1.20 bits per heavy atom. The number of nitrogens with one attached hydrogen (secondary N) is 2. The lowest BCUT2D eigenvalue weighted by molar-refractivity contribution is 0.0660. The molecule has 0 atom stereocenters. The van der Waals surface area contributed by atoms with Gasteiger partial charge >= 0.3 is 12.0 Å². The summed E-state index contributed by atoms with van der Waals surface area (Å²) < 4.78 is 5.06. The quantitative estimate of drug-likeness (QED) is 0.717. The second-order valence-electron chi connectivity index (χ2n) is 4.72. The predicted octanol–water partition coefficient (Wildman–Crippen LogP) is 2.75. The molecule has 0 aromatic carbocycles. The lowest BCUT2D eigenvalue weighted by atomic mass is 9.90. The Morgan fingerprint density at radius 3 is 2.25 bits per heavy atom. The van der Waals surface area contributed by atoms with Crippen molar-refractivity contribution in [2.45, 2.75) is 52.1 Å². The standard InChI is InChI=1S/C14H22N2O4/c1-4-14(5-2,6-3)16-13(19)15-9-10-7-8-11(20-10)12(17)18/h7-8H,4-6,9H2,1-3H3,(H,17,18)(H2,15,16,19). The molecule has 0 radical (unpaired) electrons. The molecule has 0 saturated heterocycles. The van der Waals surface area contributed by atoms with Gasteiger partial charge in [-0.2, -0.15) is 0 Å². The van der Waals surface area contributed by atoms with Crippen molar-refractivity contribution in [3.05, 3.63) is 23.7 Å². The van der Waals surface area contributed by atoms with Crippen molar-refractivity contribution in [3.63, 3.8) is 0 Å². The monoisotopic (exact) mass is 282 g/mol. The summed E-state index contributed by atoms with van der Waals surface area (Å²) in [6.07, 6.45) is 2.58. The second-order valence-corrected chi connectivity index (χ2v) is 4.72. The second kappa shape index (κ2) is 6.98. The normalized spacial score (nSPS) is 11.2. The van der Waals surface area contributed by atoms with E-state index in [0.29, 0.717) is 5.76 Å². The van der Waals surface area contributed by atoms with Crippen LogP contribution < -0.4 is 10.6 Å². The summed E-state index contributed by atoms with van der Waals surface area (Å²) in [6, 6.07) is 2.63. The van der Waals surface area contributed by atoms with Gasteiger partial charge in [0, 0.05) is 5.54 Å². The molecule has 0 fully saturated rings. The Labute approximate surface area is 118 Å². The van der Waals surface area contributed by atoms with Crippen LogP contribution in [0.5, 0.6) is 0 Å². The number of rotatable bonds is 7. The van der Waals surface area contributed by atoms with Crippen molar-refractivity contribution in [1.29, 1.82) is 0 Å². The van der Waals surface area contributed by atoms with Crippen LogP contribution in [0.3, 0.4) is 0 Å². The summed E-state index contributed by atoms with van der Waals surface area (Å²) >= 11 is 0. The topological polar surface area (TPSA) is 91.6 Å². The molecule has 0 aliphatic carbocycles. The molecular weight excluding hydrogens is 260 g/mol. The van der Waals surface area contributed by atoms with Crippen LogP contribution in [0.1, 0.15) is 56.3 Å². The number of carboxylic acid groups (broad SMARTS) is 1. The first kappa shape index (κ1) is 16.1. The molecule has 0 spiro atoms. The van der Waals surface area contributed by atoms with E-state index in [4.69, 9.17) is 9.52 Å². The van der Waals surface area contributed by atoms with Crippen LogP contribution in [0.2, 0.25) is 0 Å². The van der Waals surface area contributed by atoms with E-state index in [2.05, 4.69) is 10.6 Å². The van der Waals surface area contributed by atoms with Gasteiger partial charge in [-0.1, -0.05) is 20.8 Å². The highest BCUT2D eigenvalue weighted by atomic mass is 16.4. The average Bonchev–Trinajstić information content (AvgIpc) is 2.92. The van der Waals surface area contributed by atoms with Gasteiger partial charge in [-0.15, -0.1) is 0 Å². The van der Waals surface area contributed by atoms with Crippen LogP contribution in [-0.4, -0.2) is 22.6 Å². The average molecular weight is 282 g/mol. The van der Waals surface area contributed by atoms with Crippen molar-refractivity contribution in [2.75, 3.05) is 0 Å². The van der Waals surface area contributed by atoms with E-state index in [-0.39, 0.29) is 23.9 Å². The summed E-state index contributed by atoms with van der Waals surface area (Å²) in [6.45, 7) is 6.28. The molecular formula is C14H22N2O4. The number of hydrogen-bond acceptors (Lipinski definition) is 3. The molecule has 0 bridgehead atoms. The summed E-state index contributed by atoms with van der Waals surface area (Å²) in [5.74, 6) is -0.845. The molecule has 0 saturated carbocycles. The van der Waals surface area contributed by atoms with E-state index in [1.54, 1.807) is 0 Å². The smallest absolute Gasteiger partial charge is 0.371 e. The van der Waals surface area contributed by atoms with E-state index < -0.39 is 5.97 Å². The molecule has 0 aliphatic heterocycles. The Bertz CT molecular complexity index is 455. The molecule has 1 heterocycles. The summed E-state index contributed by atoms with van der Waals surface area (Å²) in [4.78, 5) is 22.5. The van der Waals surface area contributed by atoms with Crippen LogP contribution >= 0.6 is 0 Å². The SMILES string of the molecule is CCC(CC)(CC)NC(=O)NCc1ccc(C(=O)O)o1. The highest BCUT2D eigenvalue weighted by Gasteiger charge is 2.25. The zero-order chi connectivity index (χ0) is 15.2. The molecule has 0 unspecified atom stereocenters. The van der Waals surface area contributed by atoms with Crippen molar-refractivity contribution in [2.24, 2.45) is 0 Å². The fourth-order valence-corrected chi connectivity index (χ4v) is 2.06. The third kappa shape index (κ3) is 4.01. The molecule has 112 valence electrons. The highest BCUT2D eigenvalue weighted by Crippen LogP contribution is 2.18. The van der Waals surface area contributed by atoms with Crippen LogP contribution in [0, 0.1) is 0 Å². The first-order valence-corrected chi connectivity index (χ1v) is 6.84. The third-order valence-electron chi connectivity index (χ3n) is 3.70. The van der Waals surface area contributed by atoms with E-state index in [1.807, 2.05) is 20.8 Å². The lowest BCUT2D eigenvalue weighted by Gasteiger charge is -2.31. The number of carbonyl (C=O) groups is 2. The maximum atomic E-state index is 11.9. The van der Waals surface area contributed by atoms with E-state index in [1.165, 1.54) is 12.1 Å². The van der Waals surface area contributed by atoms with Gasteiger partial charge in [0.05, 0.1) is 6.54 Å². The predicted molar refractivity (Wildman–Crippen MR) is 74.6 cm³/mol. The first-order chi connectivity index (χ1) is 9.46. The van der Waals surface area contributed by atoms with Crippen molar-refractivity contribution < 1.29 is 19.1 Å². The number of aromatic carboxylic acids is 1. The highest BCUT2D eigenvalue weighted by molar-refractivity contribution is 5.84. The number of amides is 2. The Kier molecular flexibility index (Phi) is 5.61. The van der Waals surface area contributed by atoms with E-state index in [0.717, 1.165) is 19.3 Å². The number of urea groups is 1. The van der Waals surface area contributed by atoms with Gasteiger partial charge in [-0.3, -0.25) is 0 Å². The zero-order valence-corrected chi connectivity index (χ0v) is 12.2. The summed E-state index contributed by atoms with van der Waals surface area (Å²) in [5.41, 5.74) is -0.195. The van der Waals surface area contributed by atoms with Gasteiger partial charge in [-0.25, -0.2) is 9.59 Å². The van der Waals surface area contributed by atoms with Gasteiger partial charge in [0.25, 0.3) is 0 Å². The molecule has 0 aliphatic rings. The van der Waals surface area contributed by atoms with E-state index >= 15 is 0 Å². The van der Waals surface area contributed by atoms with Gasteiger partial charge in [-0.05, 0) is 31.4 Å². The fraction of sp³-hybridized carbons (Fsp3) is 0.571. The number of furan rings is 1. The number of carboxylic acids is 1. The Hall–Kier alpha value is -1.98. The molecule has 3 N–H and O–H groups in total. The summed E-state index contributed by atoms with van der Waals surface area (Å²) in [5, 5.41) is 14.4. The maximum Gasteiger partial charge on any atom is 0.371 e. The van der Waals surface area contributed by atoms with Crippen LogP contribution in [0.25, 0.3) is 0 Å². The van der Waals surface area contributed by atoms with Gasteiger partial charge in [0.15, 0.2) is 0 Å². The largest absolute Gasteiger partial charge is 0.475 e. The summed E-state index contributed by atoms with van der Waals surface area (Å²) in [7, 11) is 0. The Morgan fingerprint density at radius 2 is 1.80 bits per heavy atom. The molecule has 2 amide bonds. The van der Waals surface area contributed by atoms with Crippen molar-refractivity contribution >= 4 is 12.0 Å². The molecule has 1 rings (SSSR count). The number of carbonyl (C=O) groups excluding carboxylic acids is 1. The van der Waals surface area contributed by atoms with Crippen molar-refractivity contribution in [3.8, 4) is 0 Å². The molecule has 20 heavy (non-hydrogen) atoms. The molecule has 1 aromatic rings. The van der Waals surface area contributed by atoms with Crippen LogP contribution in [-0.2, 0) is 6.54 Å². The number of hydrogen-bond donors (Lipinski definition) is 3. The third-order valence-corrected chi connectivity index (χ3v) is 3.70. The molecule has 6 nitrogen and oxygen atoms in total. The minimum Gasteiger partial charge on any atom is -0.475 e. The van der Waals surface area contributed by atoms with E-state index in [9.17, 15) is 9.59 Å². The van der Waals surface area contributed by atoms with Gasteiger partial charge < -0.3 is 20.2 Å². The molecule has 6 heteroatoms. The lowest BCUT2D eigenvalue weighted by Crippen LogP contribution is -2.50. The minimum atomic E-state index is -1.12.